The van der Waals surface area contributed by atoms with Crippen molar-refractivity contribution in [1.82, 2.24) is 5.32 Å². The van der Waals surface area contributed by atoms with Gasteiger partial charge in [0, 0.05) is 22.5 Å². The van der Waals surface area contributed by atoms with Gasteiger partial charge in [0.05, 0.1) is 23.6 Å². The molecule has 3 aromatic rings. The average molecular weight is 631 g/mol. The summed E-state index contributed by atoms with van der Waals surface area (Å²) < 4.78 is 37.0. The molecule has 3 aromatic carbocycles. The van der Waals surface area contributed by atoms with Crippen LogP contribution in [0.3, 0.4) is 0 Å². The summed E-state index contributed by atoms with van der Waals surface area (Å²) in [7, 11) is 0. The molecule has 43 heavy (non-hydrogen) atoms. The SMILES string of the molecule is CC(C)(C[C@@H]1N[C@@H](C(=O)OC[C@@H](O)CC(N)=O)[C@H](c2cccc(Cl)c2F)[C@@]1(C#N)c1ccc(Cl)cc1F)c1ccccc1. The molecule has 1 amide bonds. The summed E-state index contributed by atoms with van der Waals surface area (Å²) in [6.07, 6.45) is -1.63. The van der Waals surface area contributed by atoms with Crippen molar-refractivity contribution < 1.29 is 28.2 Å². The summed E-state index contributed by atoms with van der Waals surface area (Å²) in [5.74, 6) is -4.77. The molecule has 0 unspecified atom stereocenters. The maximum absolute atomic E-state index is 15.9. The van der Waals surface area contributed by atoms with E-state index in [1.165, 1.54) is 30.3 Å². The van der Waals surface area contributed by atoms with Crippen molar-refractivity contribution in [3.8, 4) is 6.07 Å². The zero-order chi connectivity index (χ0) is 31.5. The Morgan fingerprint density at radius 1 is 1.14 bits per heavy atom. The van der Waals surface area contributed by atoms with Crippen molar-refractivity contribution in [2.45, 2.75) is 61.6 Å². The van der Waals surface area contributed by atoms with Gasteiger partial charge in [0.1, 0.15) is 29.7 Å². The minimum absolute atomic E-state index is 0.0887. The molecule has 1 saturated heterocycles. The zero-order valence-electron chi connectivity index (χ0n) is 23.5. The smallest absolute Gasteiger partial charge is 0.323 e. The number of carbonyl (C=O) groups is 2. The number of aliphatic hydroxyl groups is 1. The third-order valence-corrected chi connectivity index (χ3v) is 8.54. The second-order valence-electron chi connectivity index (χ2n) is 11.3. The number of nitrogens with zero attached hydrogens (tertiary/aromatic N) is 1. The number of aliphatic hydroxyl groups excluding tert-OH is 1. The minimum Gasteiger partial charge on any atom is -0.462 e. The lowest BCUT2D eigenvalue weighted by atomic mass is 9.62. The van der Waals surface area contributed by atoms with E-state index in [9.17, 15) is 20.0 Å². The van der Waals surface area contributed by atoms with Gasteiger partial charge in [-0.15, -0.1) is 0 Å². The van der Waals surface area contributed by atoms with Gasteiger partial charge in [0.2, 0.25) is 5.91 Å². The van der Waals surface area contributed by atoms with Crippen molar-refractivity contribution in [2.75, 3.05) is 6.61 Å². The van der Waals surface area contributed by atoms with Crippen LogP contribution in [0.4, 0.5) is 8.78 Å². The highest BCUT2D eigenvalue weighted by molar-refractivity contribution is 6.31. The van der Waals surface area contributed by atoms with E-state index in [4.69, 9.17) is 33.7 Å². The fourth-order valence-electron chi connectivity index (χ4n) is 6.00. The maximum atomic E-state index is 15.9. The molecule has 0 saturated carbocycles. The standard InChI is InChI=1S/C32H31Cl2F2N3O4/c1-31(2,18-7-4-3-5-8-18)15-25-32(17-37,22-12-11-19(33)13-24(22)35)27(21-9-6-10-23(34)28(21)36)29(39-25)30(42)43-16-20(40)14-26(38)41/h3-13,20,25,27,29,39-40H,14-16H2,1-2H3,(H2,38,41)/t20-,25-,27-,29+,32-/m0/s1. The van der Waals surface area contributed by atoms with E-state index in [0.717, 1.165) is 11.6 Å². The van der Waals surface area contributed by atoms with Crippen LogP contribution in [-0.2, 0) is 25.2 Å². The number of benzene rings is 3. The summed E-state index contributed by atoms with van der Waals surface area (Å²) in [5.41, 5.74) is 3.38. The van der Waals surface area contributed by atoms with Gasteiger partial charge in [-0.05, 0) is 41.2 Å². The van der Waals surface area contributed by atoms with Gasteiger partial charge in [-0.3, -0.25) is 14.9 Å². The number of rotatable bonds is 10. The summed E-state index contributed by atoms with van der Waals surface area (Å²) >= 11 is 12.2. The van der Waals surface area contributed by atoms with Gasteiger partial charge in [-0.1, -0.05) is 85.6 Å². The number of nitrogens with one attached hydrogen (secondary N) is 1. The molecule has 1 heterocycles. The molecule has 1 fully saturated rings. The number of ether oxygens (including phenoxy) is 1. The highest BCUT2D eigenvalue weighted by Gasteiger charge is 2.62. The third kappa shape index (κ3) is 6.53. The molecule has 4 rings (SSSR count). The van der Waals surface area contributed by atoms with Gasteiger partial charge in [-0.25, -0.2) is 8.78 Å². The molecule has 4 N–H and O–H groups in total. The molecule has 7 nitrogen and oxygen atoms in total. The third-order valence-electron chi connectivity index (χ3n) is 8.01. The zero-order valence-corrected chi connectivity index (χ0v) is 25.0. The normalized spacial score (nSPS) is 22.5. The first-order valence-electron chi connectivity index (χ1n) is 13.6. The highest BCUT2D eigenvalue weighted by atomic mass is 35.5. The second-order valence-corrected chi connectivity index (χ2v) is 12.2. The summed E-state index contributed by atoms with van der Waals surface area (Å²) in [6.45, 7) is 3.32. The monoisotopic (exact) mass is 629 g/mol. The fourth-order valence-corrected chi connectivity index (χ4v) is 6.34. The number of amides is 1. The van der Waals surface area contributed by atoms with E-state index in [1.54, 1.807) is 0 Å². The lowest BCUT2D eigenvalue weighted by molar-refractivity contribution is -0.150. The molecular formula is C32H31Cl2F2N3O4. The van der Waals surface area contributed by atoms with Gasteiger partial charge < -0.3 is 15.6 Å². The van der Waals surface area contributed by atoms with Crippen LogP contribution >= 0.6 is 23.2 Å². The Morgan fingerprint density at radius 2 is 1.84 bits per heavy atom. The van der Waals surface area contributed by atoms with Crippen LogP contribution in [0, 0.1) is 23.0 Å². The van der Waals surface area contributed by atoms with Crippen molar-refractivity contribution in [1.29, 1.82) is 5.26 Å². The number of hydrogen-bond donors (Lipinski definition) is 3. The van der Waals surface area contributed by atoms with Crippen LogP contribution in [0.15, 0.2) is 66.7 Å². The Labute approximate surface area is 258 Å². The van der Waals surface area contributed by atoms with Crippen molar-refractivity contribution in [3.05, 3.63) is 105 Å². The first-order chi connectivity index (χ1) is 20.3. The van der Waals surface area contributed by atoms with Crippen molar-refractivity contribution in [3.63, 3.8) is 0 Å². The van der Waals surface area contributed by atoms with E-state index in [-0.39, 0.29) is 27.6 Å². The predicted octanol–water partition coefficient (Wildman–Crippen LogP) is 5.30. The molecule has 0 aromatic heterocycles. The summed E-state index contributed by atoms with van der Waals surface area (Å²) in [6, 6.07) is 17.5. The molecule has 0 bridgehead atoms. The number of nitriles is 1. The summed E-state index contributed by atoms with van der Waals surface area (Å²) in [4.78, 5) is 24.9. The molecule has 0 aliphatic carbocycles. The van der Waals surface area contributed by atoms with Crippen LogP contribution in [-0.4, -0.2) is 41.8 Å². The molecule has 11 heteroatoms. The van der Waals surface area contributed by atoms with Crippen LogP contribution < -0.4 is 11.1 Å². The lowest BCUT2D eigenvalue weighted by Crippen LogP contribution is -2.46. The number of nitrogens with two attached hydrogens (primary N) is 1. The Morgan fingerprint density at radius 3 is 2.47 bits per heavy atom. The number of hydrogen-bond acceptors (Lipinski definition) is 6. The van der Waals surface area contributed by atoms with E-state index in [0.29, 0.717) is 0 Å². The minimum atomic E-state index is -1.87. The van der Waals surface area contributed by atoms with E-state index in [2.05, 4.69) is 11.4 Å². The molecule has 226 valence electrons. The predicted molar refractivity (Wildman–Crippen MR) is 158 cm³/mol. The maximum Gasteiger partial charge on any atom is 0.323 e. The van der Waals surface area contributed by atoms with Crippen LogP contribution in [0.25, 0.3) is 0 Å². The Kier molecular flexibility index (Phi) is 9.77. The molecular weight excluding hydrogens is 599 g/mol. The van der Waals surface area contributed by atoms with E-state index >= 15 is 8.78 Å². The Hall–Kier alpha value is -3.55. The van der Waals surface area contributed by atoms with Gasteiger partial charge >= 0.3 is 5.97 Å². The number of carbonyl (C=O) groups excluding carboxylic acids is 2. The molecule has 1 aliphatic rings. The highest BCUT2D eigenvalue weighted by Crippen LogP contribution is 2.53. The van der Waals surface area contributed by atoms with E-state index < -0.39 is 71.5 Å². The number of primary amides is 1. The van der Waals surface area contributed by atoms with Gasteiger partial charge in [0.25, 0.3) is 0 Å². The fraction of sp³-hybridized carbons (Fsp3) is 0.344. The topological polar surface area (TPSA) is 125 Å². The first kappa shape index (κ1) is 32.4. The molecule has 0 radical (unpaired) electrons. The second kappa shape index (κ2) is 13.0. The quantitative estimate of drug-likeness (QED) is 0.261. The number of halogens is 4. The van der Waals surface area contributed by atoms with Crippen LogP contribution in [0.5, 0.6) is 0 Å². The number of esters is 1. The van der Waals surface area contributed by atoms with Crippen molar-refractivity contribution >= 4 is 35.1 Å². The summed E-state index contributed by atoms with van der Waals surface area (Å²) in [5, 5.41) is 24.1. The van der Waals surface area contributed by atoms with Crippen molar-refractivity contribution in [2.24, 2.45) is 5.73 Å². The molecule has 5 atom stereocenters. The van der Waals surface area contributed by atoms with Gasteiger partial charge in [-0.2, -0.15) is 5.26 Å². The van der Waals surface area contributed by atoms with Gasteiger partial charge in [0.15, 0.2) is 0 Å². The molecule has 0 spiro atoms. The first-order valence-corrected chi connectivity index (χ1v) is 14.3. The Bertz CT molecular complexity index is 1550. The largest absolute Gasteiger partial charge is 0.462 e. The average Bonchev–Trinajstić information content (AvgIpc) is 3.27. The van der Waals surface area contributed by atoms with E-state index in [1.807, 2.05) is 44.2 Å². The molecule has 1 aliphatic heterocycles. The lowest BCUT2D eigenvalue weighted by Gasteiger charge is -2.38. The Balaban J connectivity index is 1.92. The van der Waals surface area contributed by atoms with Crippen LogP contribution in [0.1, 0.15) is 49.3 Å². The van der Waals surface area contributed by atoms with Crippen LogP contribution in [0.2, 0.25) is 10.0 Å².